The van der Waals surface area contributed by atoms with E-state index in [-0.39, 0.29) is 5.92 Å². The highest BCUT2D eigenvalue weighted by Crippen LogP contribution is 2.22. The van der Waals surface area contributed by atoms with Crippen LogP contribution >= 0.6 is 0 Å². The van der Waals surface area contributed by atoms with Gasteiger partial charge in [0.2, 0.25) is 0 Å². The van der Waals surface area contributed by atoms with Gasteiger partial charge in [0.15, 0.2) is 0 Å². The topological polar surface area (TPSA) is 46.5 Å². The third-order valence-electron chi connectivity index (χ3n) is 3.40. The number of hydrogen-bond donors (Lipinski definition) is 1. The quantitative estimate of drug-likeness (QED) is 0.892. The molecule has 1 unspecified atom stereocenters. The zero-order chi connectivity index (χ0) is 13.8. The number of rotatable bonds is 5. The lowest BCUT2D eigenvalue weighted by Gasteiger charge is -2.08. The minimum Gasteiger partial charge on any atom is -0.497 e. The number of carboxylic acid groups (broad SMARTS) is 1. The molecule has 3 nitrogen and oxygen atoms in total. The van der Waals surface area contributed by atoms with E-state index in [0.29, 0.717) is 6.42 Å². The summed E-state index contributed by atoms with van der Waals surface area (Å²) in [7, 11) is 1.66. The van der Waals surface area contributed by atoms with Crippen LogP contribution in [0, 0.1) is 5.92 Å². The van der Waals surface area contributed by atoms with Crippen LogP contribution in [-0.4, -0.2) is 18.2 Å². The SMILES string of the molecule is COc1ccc2cc(CCC(C)C(=O)O)ccc2c1. The predicted molar refractivity (Wildman–Crippen MR) is 75.6 cm³/mol. The fourth-order valence-electron chi connectivity index (χ4n) is 2.06. The van der Waals surface area contributed by atoms with Crippen LogP contribution in [0.1, 0.15) is 18.9 Å². The van der Waals surface area contributed by atoms with E-state index < -0.39 is 5.97 Å². The average Bonchev–Trinajstić information content (AvgIpc) is 2.43. The molecular weight excluding hydrogens is 240 g/mol. The van der Waals surface area contributed by atoms with E-state index in [1.807, 2.05) is 18.2 Å². The van der Waals surface area contributed by atoms with Gasteiger partial charge in [-0.15, -0.1) is 0 Å². The summed E-state index contributed by atoms with van der Waals surface area (Å²) in [6.07, 6.45) is 1.45. The number of ether oxygens (including phenoxy) is 1. The summed E-state index contributed by atoms with van der Waals surface area (Å²) in [5, 5.41) is 11.2. The molecule has 3 heteroatoms. The molecule has 0 aromatic heterocycles. The highest BCUT2D eigenvalue weighted by Gasteiger charge is 2.10. The molecule has 0 bridgehead atoms. The molecule has 2 aromatic carbocycles. The Bertz CT molecular complexity index is 590. The Labute approximate surface area is 112 Å². The maximum absolute atomic E-state index is 10.8. The van der Waals surface area contributed by atoms with Crippen molar-refractivity contribution in [2.45, 2.75) is 19.8 Å². The molecular formula is C16H18O3. The summed E-state index contributed by atoms with van der Waals surface area (Å²) < 4.78 is 5.19. The van der Waals surface area contributed by atoms with Crippen molar-refractivity contribution in [1.82, 2.24) is 0 Å². The summed E-state index contributed by atoms with van der Waals surface area (Å²) >= 11 is 0. The summed E-state index contributed by atoms with van der Waals surface area (Å²) in [4.78, 5) is 10.8. The molecule has 0 aliphatic heterocycles. The molecule has 0 saturated carbocycles. The van der Waals surface area contributed by atoms with Gasteiger partial charge in [-0.3, -0.25) is 4.79 Å². The van der Waals surface area contributed by atoms with Gasteiger partial charge in [-0.25, -0.2) is 0 Å². The minimum absolute atomic E-state index is 0.299. The molecule has 2 rings (SSSR count). The van der Waals surface area contributed by atoms with Crippen LogP contribution < -0.4 is 4.74 Å². The van der Waals surface area contributed by atoms with E-state index >= 15 is 0 Å². The first-order chi connectivity index (χ1) is 9.10. The highest BCUT2D eigenvalue weighted by atomic mass is 16.5. The lowest BCUT2D eigenvalue weighted by molar-refractivity contribution is -0.141. The first kappa shape index (κ1) is 13.4. The Morgan fingerprint density at radius 2 is 1.89 bits per heavy atom. The largest absolute Gasteiger partial charge is 0.497 e. The van der Waals surface area contributed by atoms with Gasteiger partial charge in [0.1, 0.15) is 5.75 Å². The van der Waals surface area contributed by atoms with Gasteiger partial charge in [-0.05, 0) is 41.3 Å². The van der Waals surface area contributed by atoms with Gasteiger partial charge >= 0.3 is 5.97 Å². The lowest BCUT2D eigenvalue weighted by Crippen LogP contribution is -2.10. The molecule has 0 fully saturated rings. The number of hydrogen-bond acceptors (Lipinski definition) is 2. The second kappa shape index (κ2) is 5.74. The molecule has 19 heavy (non-hydrogen) atoms. The molecule has 0 aliphatic rings. The van der Waals surface area contributed by atoms with Gasteiger partial charge < -0.3 is 9.84 Å². The number of aliphatic carboxylic acids is 1. The zero-order valence-corrected chi connectivity index (χ0v) is 11.2. The van der Waals surface area contributed by atoms with E-state index in [2.05, 4.69) is 18.2 Å². The van der Waals surface area contributed by atoms with E-state index in [0.717, 1.165) is 22.9 Å². The van der Waals surface area contributed by atoms with Gasteiger partial charge in [-0.2, -0.15) is 0 Å². The maximum atomic E-state index is 10.8. The summed E-state index contributed by atoms with van der Waals surface area (Å²) in [5.74, 6) is -0.183. The zero-order valence-electron chi connectivity index (χ0n) is 11.2. The van der Waals surface area contributed by atoms with Gasteiger partial charge in [0, 0.05) is 0 Å². The second-order valence-electron chi connectivity index (χ2n) is 4.83. The average molecular weight is 258 g/mol. The Balaban J connectivity index is 2.15. The molecule has 100 valence electrons. The van der Waals surface area contributed by atoms with Crippen LogP contribution in [-0.2, 0) is 11.2 Å². The Morgan fingerprint density at radius 3 is 2.58 bits per heavy atom. The second-order valence-corrected chi connectivity index (χ2v) is 4.83. The molecule has 0 radical (unpaired) electrons. The van der Waals surface area contributed by atoms with Crippen molar-refractivity contribution in [2.24, 2.45) is 5.92 Å². The van der Waals surface area contributed by atoms with Crippen LogP contribution in [0.4, 0.5) is 0 Å². The molecule has 0 aliphatic carbocycles. The third kappa shape index (κ3) is 3.25. The highest BCUT2D eigenvalue weighted by molar-refractivity contribution is 5.84. The van der Waals surface area contributed by atoms with E-state index in [1.165, 1.54) is 5.56 Å². The summed E-state index contributed by atoms with van der Waals surface area (Å²) in [6, 6.07) is 12.2. The molecule has 0 saturated heterocycles. The third-order valence-corrected chi connectivity index (χ3v) is 3.40. The number of carbonyl (C=O) groups is 1. The molecule has 0 amide bonds. The van der Waals surface area contributed by atoms with E-state index in [4.69, 9.17) is 9.84 Å². The van der Waals surface area contributed by atoms with Crippen molar-refractivity contribution in [3.8, 4) is 5.75 Å². The van der Waals surface area contributed by atoms with Crippen molar-refractivity contribution in [3.05, 3.63) is 42.0 Å². The van der Waals surface area contributed by atoms with Crippen molar-refractivity contribution in [3.63, 3.8) is 0 Å². The Kier molecular flexibility index (Phi) is 4.05. The lowest BCUT2D eigenvalue weighted by atomic mass is 9.99. The van der Waals surface area contributed by atoms with Gasteiger partial charge in [-0.1, -0.05) is 31.2 Å². The standard InChI is InChI=1S/C16H18O3/c1-11(16(17)18)3-4-12-5-6-14-10-15(19-2)8-7-13(14)9-12/h5-11H,3-4H2,1-2H3,(H,17,18). The first-order valence-corrected chi connectivity index (χ1v) is 6.39. The van der Waals surface area contributed by atoms with Crippen LogP contribution in [0.2, 0.25) is 0 Å². The van der Waals surface area contributed by atoms with Gasteiger partial charge in [0.05, 0.1) is 13.0 Å². The van der Waals surface area contributed by atoms with Gasteiger partial charge in [0.25, 0.3) is 0 Å². The van der Waals surface area contributed by atoms with E-state index in [1.54, 1.807) is 14.0 Å². The van der Waals surface area contributed by atoms with Crippen LogP contribution in [0.25, 0.3) is 10.8 Å². The minimum atomic E-state index is -0.731. The van der Waals surface area contributed by atoms with Crippen LogP contribution in [0.3, 0.4) is 0 Å². The number of benzene rings is 2. The summed E-state index contributed by atoms with van der Waals surface area (Å²) in [5.41, 5.74) is 1.17. The Morgan fingerprint density at radius 1 is 1.21 bits per heavy atom. The van der Waals surface area contributed by atoms with E-state index in [9.17, 15) is 4.79 Å². The number of aryl methyl sites for hydroxylation is 1. The molecule has 0 spiro atoms. The molecule has 1 N–H and O–H groups in total. The number of carboxylic acids is 1. The molecule has 1 atom stereocenters. The monoisotopic (exact) mass is 258 g/mol. The number of methoxy groups -OCH3 is 1. The molecule has 0 heterocycles. The first-order valence-electron chi connectivity index (χ1n) is 6.39. The summed E-state index contributed by atoms with van der Waals surface area (Å²) in [6.45, 7) is 1.74. The van der Waals surface area contributed by atoms with Crippen LogP contribution in [0.15, 0.2) is 36.4 Å². The Hall–Kier alpha value is -2.03. The van der Waals surface area contributed by atoms with Crippen molar-refractivity contribution < 1.29 is 14.6 Å². The van der Waals surface area contributed by atoms with Crippen molar-refractivity contribution >= 4 is 16.7 Å². The van der Waals surface area contributed by atoms with Crippen molar-refractivity contribution in [1.29, 1.82) is 0 Å². The predicted octanol–water partition coefficient (Wildman–Crippen LogP) is 3.50. The van der Waals surface area contributed by atoms with Crippen molar-refractivity contribution in [2.75, 3.05) is 7.11 Å². The smallest absolute Gasteiger partial charge is 0.306 e. The fraction of sp³-hybridized carbons (Fsp3) is 0.312. The van der Waals surface area contributed by atoms with Crippen LogP contribution in [0.5, 0.6) is 5.75 Å². The maximum Gasteiger partial charge on any atom is 0.306 e. The number of fused-ring (bicyclic) bond motifs is 1. The molecule has 2 aromatic rings. The normalized spacial score (nSPS) is 12.3. The fourth-order valence-corrected chi connectivity index (χ4v) is 2.06.